The van der Waals surface area contributed by atoms with E-state index >= 15 is 0 Å². The van der Waals surface area contributed by atoms with Gasteiger partial charge in [0, 0.05) is 25.3 Å². The summed E-state index contributed by atoms with van der Waals surface area (Å²) in [5.41, 5.74) is 5.68. The van der Waals surface area contributed by atoms with Gasteiger partial charge < -0.3 is 10.6 Å². The van der Waals surface area contributed by atoms with E-state index in [1.54, 1.807) is 0 Å². The number of nitrogens with zero attached hydrogens (tertiary/aromatic N) is 3. The van der Waals surface area contributed by atoms with Crippen molar-refractivity contribution in [3.05, 3.63) is 6.20 Å². The van der Waals surface area contributed by atoms with Gasteiger partial charge in [0.25, 0.3) is 0 Å². The topological polar surface area (TPSA) is 93.2 Å². The first-order valence-corrected chi connectivity index (χ1v) is 8.48. The van der Waals surface area contributed by atoms with Crippen LogP contribution in [0.3, 0.4) is 0 Å². The Bertz CT molecular complexity index is 548. The molecule has 0 aromatic carbocycles. The molecule has 0 amide bonds. The highest BCUT2D eigenvalue weighted by molar-refractivity contribution is 7.89. The highest BCUT2D eigenvalue weighted by atomic mass is 32.2. The van der Waals surface area contributed by atoms with Gasteiger partial charge in [-0.15, -0.1) is 0 Å². The van der Waals surface area contributed by atoms with Gasteiger partial charge in [0.1, 0.15) is 4.90 Å². The molecule has 0 bridgehead atoms. The van der Waals surface area contributed by atoms with E-state index in [1.807, 2.05) is 13.8 Å². The fourth-order valence-corrected chi connectivity index (χ4v) is 3.81. The number of rotatable bonds is 6. The van der Waals surface area contributed by atoms with E-state index < -0.39 is 10.0 Å². The lowest BCUT2D eigenvalue weighted by atomic mass is 10.3. The second-order valence-electron chi connectivity index (χ2n) is 5.26. The highest BCUT2D eigenvalue weighted by Crippen LogP contribution is 2.17. The molecule has 1 aliphatic rings. The summed E-state index contributed by atoms with van der Waals surface area (Å²) >= 11 is 0. The van der Waals surface area contributed by atoms with Gasteiger partial charge in [-0.2, -0.15) is 5.10 Å². The van der Waals surface area contributed by atoms with Crippen molar-refractivity contribution in [2.24, 2.45) is 0 Å². The van der Waals surface area contributed by atoms with Gasteiger partial charge in [0.15, 0.2) is 5.82 Å². The minimum Gasteiger partial charge on any atom is -0.381 e. The number of hydrogen-bond acceptors (Lipinski definition) is 5. The molecule has 0 radical (unpaired) electrons. The molecule has 1 unspecified atom stereocenters. The largest absolute Gasteiger partial charge is 0.381 e. The van der Waals surface area contributed by atoms with Crippen LogP contribution >= 0.6 is 0 Å². The second-order valence-corrected chi connectivity index (χ2v) is 6.95. The fourth-order valence-electron chi connectivity index (χ4n) is 2.51. The lowest BCUT2D eigenvalue weighted by molar-refractivity contribution is 0.313. The number of aromatic nitrogens is 2. The predicted molar refractivity (Wildman–Crippen MR) is 77.8 cm³/mol. The maximum atomic E-state index is 12.3. The summed E-state index contributed by atoms with van der Waals surface area (Å²) in [5.74, 6) is 0.0488. The van der Waals surface area contributed by atoms with Crippen LogP contribution in [0.2, 0.25) is 0 Å². The van der Waals surface area contributed by atoms with Gasteiger partial charge in [-0.05, 0) is 39.8 Å². The van der Waals surface area contributed by atoms with Crippen LogP contribution in [-0.2, 0) is 16.6 Å². The zero-order valence-corrected chi connectivity index (χ0v) is 12.9. The van der Waals surface area contributed by atoms with Gasteiger partial charge in [-0.25, -0.2) is 13.1 Å². The second kappa shape index (κ2) is 6.11. The molecule has 0 saturated carbocycles. The van der Waals surface area contributed by atoms with Gasteiger partial charge >= 0.3 is 0 Å². The maximum Gasteiger partial charge on any atom is 0.246 e. The average molecular weight is 301 g/mol. The molecule has 2 heterocycles. The zero-order chi connectivity index (χ0) is 14.8. The Labute approximate surface area is 120 Å². The van der Waals surface area contributed by atoms with E-state index in [9.17, 15) is 8.42 Å². The molecule has 1 atom stereocenters. The first-order valence-electron chi connectivity index (χ1n) is 7.00. The molecule has 1 aromatic rings. The molecule has 7 nitrogen and oxygen atoms in total. The number of aryl methyl sites for hydroxylation is 1. The minimum atomic E-state index is -3.61. The molecule has 1 aliphatic heterocycles. The van der Waals surface area contributed by atoms with Crippen LogP contribution in [-0.4, -0.2) is 48.8 Å². The fraction of sp³-hybridized carbons (Fsp3) is 0.750. The number of hydrogen-bond donors (Lipinski definition) is 2. The molecular weight excluding hydrogens is 278 g/mol. The van der Waals surface area contributed by atoms with E-state index in [1.165, 1.54) is 23.7 Å². The monoisotopic (exact) mass is 301 g/mol. The van der Waals surface area contributed by atoms with Crippen LogP contribution < -0.4 is 10.5 Å². The third kappa shape index (κ3) is 3.50. The van der Waals surface area contributed by atoms with Crippen molar-refractivity contribution in [1.82, 2.24) is 19.4 Å². The molecule has 1 aromatic heterocycles. The average Bonchev–Trinajstić information content (AvgIpc) is 2.97. The Kier molecular flexibility index (Phi) is 4.66. The Hall–Kier alpha value is -1.12. The van der Waals surface area contributed by atoms with Gasteiger partial charge in [0.05, 0.1) is 0 Å². The number of nitrogens with one attached hydrogen (secondary N) is 1. The molecule has 1 saturated heterocycles. The first-order chi connectivity index (χ1) is 9.42. The van der Waals surface area contributed by atoms with Crippen LogP contribution in [0.25, 0.3) is 0 Å². The standard InChI is InChI=1S/C12H23N5O2S/c1-3-17-9-11(12(13)14-17)20(18,19)15-10(2)8-16-6-4-5-7-16/h9-10,15H,3-8H2,1-2H3,(H2,13,14). The lowest BCUT2D eigenvalue weighted by Crippen LogP contribution is -2.41. The van der Waals surface area contributed by atoms with Gasteiger partial charge in [-0.1, -0.05) is 0 Å². The maximum absolute atomic E-state index is 12.3. The Morgan fingerprint density at radius 1 is 1.45 bits per heavy atom. The van der Waals surface area contributed by atoms with Crippen LogP contribution in [0.15, 0.2) is 11.1 Å². The van der Waals surface area contributed by atoms with Crippen molar-refractivity contribution in [1.29, 1.82) is 0 Å². The molecule has 3 N–H and O–H groups in total. The summed E-state index contributed by atoms with van der Waals surface area (Å²) < 4.78 is 28.8. The Morgan fingerprint density at radius 2 is 2.10 bits per heavy atom. The first kappa shape index (κ1) is 15.3. The molecule has 114 valence electrons. The number of sulfonamides is 1. The summed E-state index contributed by atoms with van der Waals surface area (Å²) in [6.45, 7) is 7.15. The van der Waals surface area contributed by atoms with Gasteiger partial charge in [-0.3, -0.25) is 4.68 Å². The van der Waals surface area contributed by atoms with Crippen molar-refractivity contribution < 1.29 is 8.42 Å². The molecule has 1 fully saturated rings. The SMILES string of the molecule is CCn1cc(S(=O)(=O)NC(C)CN2CCCC2)c(N)n1. The van der Waals surface area contributed by atoms with Crippen molar-refractivity contribution in [2.45, 2.75) is 44.2 Å². The Balaban J connectivity index is 2.03. The molecule has 0 spiro atoms. The van der Waals surface area contributed by atoms with Crippen LogP contribution in [0.5, 0.6) is 0 Å². The molecule has 20 heavy (non-hydrogen) atoms. The van der Waals surface area contributed by atoms with E-state index in [4.69, 9.17) is 5.73 Å². The Morgan fingerprint density at radius 3 is 2.65 bits per heavy atom. The molecule has 0 aliphatic carbocycles. The number of nitrogens with two attached hydrogens (primary N) is 1. The van der Waals surface area contributed by atoms with Crippen molar-refractivity contribution in [2.75, 3.05) is 25.4 Å². The molecule has 8 heteroatoms. The third-order valence-electron chi connectivity index (χ3n) is 3.46. The minimum absolute atomic E-state index is 0.0488. The van der Waals surface area contributed by atoms with E-state index in [0.717, 1.165) is 19.6 Å². The van der Waals surface area contributed by atoms with Crippen molar-refractivity contribution in [3.8, 4) is 0 Å². The van der Waals surface area contributed by atoms with E-state index in [0.29, 0.717) is 6.54 Å². The normalized spacial score (nSPS) is 18.5. The molecular formula is C12H23N5O2S. The van der Waals surface area contributed by atoms with E-state index in [2.05, 4.69) is 14.7 Å². The summed E-state index contributed by atoms with van der Waals surface area (Å²) in [6, 6.07) is -0.150. The third-order valence-corrected chi connectivity index (χ3v) is 5.06. The summed E-state index contributed by atoms with van der Waals surface area (Å²) in [5, 5.41) is 3.97. The van der Waals surface area contributed by atoms with Crippen LogP contribution in [0.4, 0.5) is 5.82 Å². The molecule has 2 rings (SSSR count). The highest BCUT2D eigenvalue weighted by Gasteiger charge is 2.24. The summed E-state index contributed by atoms with van der Waals surface area (Å²) in [7, 11) is -3.61. The van der Waals surface area contributed by atoms with Crippen LogP contribution in [0, 0.1) is 0 Å². The van der Waals surface area contributed by atoms with Crippen molar-refractivity contribution in [3.63, 3.8) is 0 Å². The number of nitrogen functional groups attached to an aromatic ring is 1. The number of anilines is 1. The predicted octanol–water partition coefficient (Wildman–Crippen LogP) is 0.248. The van der Waals surface area contributed by atoms with Gasteiger partial charge in [0.2, 0.25) is 10.0 Å². The van der Waals surface area contributed by atoms with Crippen molar-refractivity contribution >= 4 is 15.8 Å². The van der Waals surface area contributed by atoms with Crippen LogP contribution in [0.1, 0.15) is 26.7 Å². The quantitative estimate of drug-likeness (QED) is 0.785. The number of likely N-dealkylation sites (tertiary alicyclic amines) is 1. The lowest BCUT2D eigenvalue weighted by Gasteiger charge is -2.20. The smallest absolute Gasteiger partial charge is 0.246 e. The summed E-state index contributed by atoms with van der Waals surface area (Å²) in [6.07, 6.45) is 3.85. The zero-order valence-electron chi connectivity index (χ0n) is 12.0. The summed E-state index contributed by atoms with van der Waals surface area (Å²) in [4.78, 5) is 2.33. The van der Waals surface area contributed by atoms with E-state index in [-0.39, 0.29) is 16.8 Å².